The van der Waals surface area contributed by atoms with Crippen LogP contribution in [0.2, 0.25) is 0 Å². The van der Waals surface area contributed by atoms with E-state index in [-0.39, 0.29) is 18.0 Å². The molecule has 0 fully saturated rings. The molecule has 2 aromatic carbocycles. The van der Waals surface area contributed by atoms with Crippen molar-refractivity contribution in [3.8, 4) is 5.75 Å². The molecule has 0 aliphatic heterocycles. The van der Waals surface area contributed by atoms with Gasteiger partial charge in [0.2, 0.25) is 0 Å². The number of para-hydroxylation sites is 1. The first-order valence-electron chi connectivity index (χ1n) is 8.63. The highest BCUT2D eigenvalue weighted by molar-refractivity contribution is 9.10. The molecule has 0 bridgehead atoms. The summed E-state index contributed by atoms with van der Waals surface area (Å²) < 4.78 is 11.0. The molecule has 3 aromatic rings. The molecule has 0 aliphatic carbocycles. The SMILES string of the molecule is COCCN(Cc1nc2ccccc2c(=O)[nH]1)C(=O)c1ccc(OC)c(Br)c1. The predicted molar refractivity (Wildman–Crippen MR) is 110 cm³/mol. The lowest BCUT2D eigenvalue weighted by Gasteiger charge is -2.22. The molecular formula is C20H20BrN3O4. The van der Waals surface area contributed by atoms with Gasteiger partial charge in [0, 0.05) is 19.2 Å². The van der Waals surface area contributed by atoms with Crippen molar-refractivity contribution < 1.29 is 14.3 Å². The van der Waals surface area contributed by atoms with Crippen LogP contribution in [0.4, 0.5) is 0 Å². The number of amides is 1. The third-order valence-electron chi connectivity index (χ3n) is 4.25. The number of hydrogen-bond donors (Lipinski definition) is 1. The van der Waals surface area contributed by atoms with Crippen molar-refractivity contribution >= 4 is 32.7 Å². The molecular weight excluding hydrogens is 426 g/mol. The van der Waals surface area contributed by atoms with Crippen LogP contribution in [0.5, 0.6) is 5.75 Å². The van der Waals surface area contributed by atoms with Gasteiger partial charge in [-0.25, -0.2) is 4.98 Å². The van der Waals surface area contributed by atoms with E-state index in [1.165, 1.54) is 0 Å². The second kappa shape index (κ2) is 8.99. The van der Waals surface area contributed by atoms with Crippen molar-refractivity contribution in [3.63, 3.8) is 0 Å². The Hall–Kier alpha value is -2.71. The van der Waals surface area contributed by atoms with Gasteiger partial charge in [-0.2, -0.15) is 0 Å². The molecule has 0 aliphatic rings. The van der Waals surface area contributed by atoms with Gasteiger partial charge in [0.15, 0.2) is 0 Å². The van der Waals surface area contributed by atoms with Crippen molar-refractivity contribution in [1.82, 2.24) is 14.9 Å². The average molecular weight is 446 g/mol. The normalized spacial score (nSPS) is 10.8. The van der Waals surface area contributed by atoms with E-state index in [1.54, 1.807) is 55.5 Å². The molecule has 8 heteroatoms. The highest BCUT2D eigenvalue weighted by atomic mass is 79.9. The number of halogens is 1. The van der Waals surface area contributed by atoms with Crippen LogP contribution < -0.4 is 10.3 Å². The number of fused-ring (bicyclic) bond motifs is 1. The van der Waals surface area contributed by atoms with E-state index in [1.807, 2.05) is 6.07 Å². The molecule has 1 heterocycles. The standard InChI is InChI=1S/C20H20BrN3O4/c1-27-10-9-24(20(26)13-7-8-17(28-2)15(21)11-13)12-18-22-16-6-4-3-5-14(16)19(25)23-18/h3-8,11H,9-10,12H2,1-2H3,(H,22,23,25). The summed E-state index contributed by atoms with van der Waals surface area (Å²) in [5, 5.41) is 0.514. The summed E-state index contributed by atoms with van der Waals surface area (Å²) in [6.07, 6.45) is 0. The number of nitrogens with zero attached hydrogens (tertiary/aromatic N) is 2. The molecule has 7 nitrogen and oxygen atoms in total. The molecule has 0 unspecified atom stereocenters. The molecule has 0 atom stereocenters. The third kappa shape index (κ3) is 4.40. The Morgan fingerprint density at radius 3 is 2.71 bits per heavy atom. The fourth-order valence-electron chi connectivity index (χ4n) is 2.83. The van der Waals surface area contributed by atoms with Crippen molar-refractivity contribution in [2.45, 2.75) is 6.54 Å². The molecule has 0 saturated heterocycles. The monoisotopic (exact) mass is 445 g/mol. The zero-order valence-corrected chi connectivity index (χ0v) is 17.2. The van der Waals surface area contributed by atoms with Crippen LogP contribution in [0.3, 0.4) is 0 Å². The van der Waals surface area contributed by atoms with E-state index in [4.69, 9.17) is 9.47 Å². The van der Waals surface area contributed by atoms with Gasteiger partial charge in [0.1, 0.15) is 11.6 Å². The van der Waals surface area contributed by atoms with E-state index in [0.717, 1.165) is 0 Å². The van der Waals surface area contributed by atoms with Crippen molar-refractivity contribution in [2.75, 3.05) is 27.4 Å². The lowest BCUT2D eigenvalue weighted by atomic mass is 10.2. The largest absolute Gasteiger partial charge is 0.496 e. The summed E-state index contributed by atoms with van der Waals surface area (Å²) in [5.74, 6) is 0.859. The van der Waals surface area contributed by atoms with Gasteiger partial charge >= 0.3 is 0 Å². The third-order valence-corrected chi connectivity index (χ3v) is 4.87. The van der Waals surface area contributed by atoms with Crippen LogP contribution in [0, 0.1) is 0 Å². The fraction of sp³-hybridized carbons (Fsp3) is 0.250. The molecule has 0 radical (unpaired) electrons. The van der Waals surface area contributed by atoms with E-state index in [2.05, 4.69) is 25.9 Å². The second-order valence-electron chi connectivity index (χ2n) is 6.10. The first-order chi connectivity index (χ1) is 13.5. The summed E-state index contributed by atoms with van der Waals surface area (Å²) in [5.41, 5.74) is 0.853. The average Bonchev–Trinajstić information content (AvgIpc) is 2.70. The smallest absolute Gasteiger partial charge is 0.258 e. The minimum absolute atomic E-state index is 0.159. The first kappa shape index (κ1) is 20.0. The minimum atomic E-state index is -0.230. The highest BCUT2D eigenvalue weighted by Crippen LogP contribution is 2.26. The number of aromatic nitrogens is 2. The first-order valence-corrected chi connectivity index (χ1v) is 9.42. The van der Waals surface area contributed by atoms with Gasteiger partial charge in [0.25, 0.3) is 11.5 Å². The Kier molecular flexibility index (Phi) is 6.43. The van der Waals surface area contributed by atoms with Gasteiger partial charge in [-0.3, -0.25) is 9.59 Å². The van der Waals surface area contributed by atoms with Gasteiger partial charge < -0.3 is 19.4 Å². The summed E-state index contributed by atoms with van der Waals surface area (Å²) in [4.78, 5) is 34.2. The molecule has 0 spiro atoms. The zero-order valence-electron chi connectivity index (χ0n) is 15.6. The Labute approximate surface area is 170 Å². The topological polar surface area (TPSA) is 84.5 Å². The van der Waals surface area contributed by atoms with E-state index >= 15 is 0 Å². The number of hydrogen-bond acceptors (Lipinski definition) is 5. The Morgan fingerprint density at radius 2 is 2.00 bits per heavy atom. The van der Waals surface area contributed by atoms with Crippen molar-refractivity contribution in [2.24, 2.45) is 0 Å². The number of nitrogens with one attached hydrogen (secondary N) is 1. The van der Waals surface area contributed by atoms with Gasteiger partial charge in [-0.15, -0.1) is 0 Å². The summed E-state index contributed by atoms with van der Waals surface area (Å²) in [7, 11) is 3.14. The number of ether oxygens (including phenoxy) is 2. The number of rotatable bonds is 7. The van der Waals surface area contributed by atoms with E-state index in [9.17, 15) is 9.59 Å². The molecule has 3 rings (SSSR count). The molecule has 1 amide bonds. The fourth-order valence-corrected chi connectivity index (χ4v) is 3.37. The number of carbonyl (C=O) groups is 1. The molecule has 1 N–H and O–H groups in total. The van der Waals surface area contributed by atoms with Gasteiger partial charge in [-0.1, -0.05) is 12.1 Å². The number of H-pyrrole nitrogens is 1. The second-order valence-corrected chi connectivity index (χ2v) is 6.95. The van der Waals surface area contributed by atoms with Crippen LogP contribution in [-0.2, 0) is 11.3 Å². The van der Waals surface area contributed by atoms with Crippen LogP contribution in [0.15, 0.2) is 51.7 Å². The molecule has 0 saturated carbocycles. The van der Waals surface area contributed by atoms with Crippen molar-refractivity contribution in [3.05, 3.63) is 68.7 Å². The maximum Gasteiger partial charge on any atom is 0.258 e. The maximum absolute atomic E-state index is 13.0. The number of carbonyl (C=O) groups excluding carboxylic acids is 1. The predicted octanol–water partition coefficient (Wildman–Crippen LogP) is 2.98. The quantitative estimate of drug-likeness (QED) is 0.604. The van der Waals surface area contributed by atoms with Crippen LogP contribution in [0.25, 0.3) is 10.9 Å². The van der Waals surface area contributed by atoms with Gasteiger partial charge in [-0.05, 0) is 46.3 Å². The lowest BCUT2D eigenvalue weighted by molar-refractivity contribution is 0.0675. The molecule has 1 aromatic heterocycles. The molecule has 146 valence electrons. The summed E-state index contributed by atoms with van der Waals surface area (Å²) in [6, 6.07) is 12.2. The maximum atomic E-state index is 13.0. The van der Waals surface area contributed by atoms with Crippen LogP contribution in [0.1, 0.15) is 16.2 Å². The van der Waals surface area contributed by atoms with E-state index in [0.29, 0.717) is 45.7 Å². The Morgan fingerprint density at radius 1 is 1.21 bits per heavy atom. The van der Waals surface area contributed by atoms with Crippen LogP contribution >= 0.6 is 15.9 Å². The summed E-state index contributed by atoms with van der Waals surface area (Å²) >= 11 is 3.40. The lowest BCUT2D eigenvalue weighted by Crippen LogP contribution is -2.34. The van der Waals surface area contributed by atoms with E-state index < -0.39 is 0 Å². The number of benzene rings is 2. The van der Waals surface area contributed by atoms with Gasteiger partial charge in [0.05, 0.1) is 35.6 Å². The summed E-state index contributed by atoms with van der Waals surface area (Å²) in [6.45, 7) is 0.877. The number of aromatic amines is 1. The Balaban J connectivity index is 1.91. The zero-order chi connectivity index (χ0) is 20.1. The molecule has 28 heavy (non-hydrogen) atoms. The van der Waals surface area contributed by atoms with Crippen LogP contribution in [-0.4, -0.2) is 48.1 Å². The van der Waals surface area contributed by atoms with Crippen molar-refractivity contribution in [1.29, 1.82) is 0 Å². The number of methoxy groups -OCH3 is 2. The highest BCUT2D eigenvalue weighted by Gasteiger charge is 2.19. The Bertz CT molecular complexity index is 1050. The minimum Gasteiger partial charge on any atom is -0.496 e.